The highest BCUT2D eigenvalue weighted by atomic mass is 35.5. The van der Waals surface area contributed by atoms with Gasteiger partial charge in [0.25, 0.3) is 5.91 Å². The lowest BCUT2D eigenvalue weighted by atomic mass is 10.0. The summed E-state index contributed by atoms with van der Waals surface area (Å²) in [6.07, 6.45) is 4.35. The van der Waals surface area contributed by atoms with Crippen LogP contribution in [0.15, 0.2) is 35.8 Å². The van der Waals surface area contributed by atoms with Gasteiger partial charge in [-0.15, -0.1) is 11.3 Å². The first-order valence-corrected chi connectivity index (χ1v) is 11.8. The average Bonchev–Trinajstić information content (AvgIpc) is 3.49. The summed E-state index contributed by atoms with van der Waals surface area (Å²) in [6, 6.07) is 8.42. The molecule has 0 saturated carbocycles. The van der Waals surface area contributed by atoms with Crippen molar-refractivity contribution >= 4 is 39.1 Å². The summed E-state index contributed by atoms with van der Waals surface area (Å²) in [5.74, 6) is 0.897. The van der Waals surface area contributed by atoms with Crippen LogP contribution in [0.2, 0.25) is 5.02 Å². The molecular formula is C23H22ClN3O2S. The average molecular weight is 440 g/mol. The van der Waals surface area contributed by atoms with Gasteiger partial charge in [0.05, 0.1) is 10.2 Å². The molecule has 5 nitrogen and oxygen atoms in total. The second-order valence-electron chi connectivity index (χ2n) is 8.36. The molecule has 3 aliphatic heterocycles. The molecule has 2 atom stereocenters. The maximum absolute atomic E-state index is 13.3. The Hall–Kier alpha value is -2.15. The Balaban J connectivity index is 1.31. The van der Waals surface area contributed by atoms with Crippen molar-refractivity contribution in [2.45, 2.75) is 31.4 Å². The fraction of sp³-hybridized carbons (Fsp3) is 0.391. The number of pyridine rings is 1. The third kappa shape index (κ3) is 3.01. The first kappa shape index (κ1) is 18.6. The number of amides is 1. The van der Waals surface area contributed by atoms with Gasteiger partial charge in [-0.2, -0.15) is 0 Å². The molecule has 3 aromatic rings. The lowest BCUT2D eigenvalue weighted by Crippen LogP contribution is -2.54. The normalized spacial score (nSPS) is 23.4. The van der Waals surface area contributed by atoms with Crippen molar-refractivity contribution in [2.75, 3.05) is 26.2 Å². The van der Waals surface area contributed by atoms with Crippen LogP contribution in [0.3, 0.4) is 0 Å². The second kappa shape index (κ2) is 7.22. The van der Waals surface area contributed by atoms with Crippen LogP contribution >= 0.6 is 22.9 Å². The molecule has 0 bridgehead atoms. The molecule has 2 fully saturated rings. The number of nitrogens with zero attached hydrogens (tertiary/aromatic N) is 3. The maximum atomic E-state index is 13.3. The van der Waals surface area contributed by atoms with E-state index in [1.165, 1.54) is 19.4 Å². The van der Waals surface area contributed by atoms with Gasteiger partial charge in [-0.25, -0.2) is 0 Å². The van der Waals surface area contributed by atoms with Crippen LogP contribution in [-0.4, -0.2) is 59.0 Å². The Morgan fingerprint density at radius 1 is 1.20 bits per heavy atom. The quantitative estimate of drug-likeness (QED) is 0.599. The smallest absolute Gasteiger partial charge is 0.264 e. The van der Waals surface area contributed by atoms with E-state index < -0.39 is 6.10 Å². The van der Waals surface area contributed by atoms with E-state index in [1.807, 2.05) is 40.7 Å². The zero-order chi connectivity index (χ0) is 20.2. The first-order valence-electron chi connectivity index (χ1n) is 10.5. The van der Waals surface area contributed by atoms with Crippen molar-refractivity contribution in [2.24, 2.45) is 0 Å². The predicted molar refractivity (Wildman–Crippen MR) is 119 cm³/mol. The number of carbonyl (C=O) groups is 1. The lowest BCUT2D eigenvalue weighted by molar-refractivity contribution is -0.140. The van der Waals surface area contributed by atoms with Crippen LogP contribution in [0, 0.1) is 0 Å². The molecule has 0 spiro atoms. The molecule has 154 valence electrons. The fourth-order valence-electron chi connectivity index (χ4n) is 5.14. The Kier molecular flexibility index (Phi) is 4.48. The van der Waals surface area contributed by atoms with Crippen molar-refractivity contribution in [1.82, 2.24) is 14.8 Å². The number of carbonyl (C=O) groups excluding carboxylic acids is 1. The Morgan fingerprint density at radius 2 is 2.13 bits per heavy atom. The van der Waals surface area contributed by atoms with Gasteiger partial charge in [0.2, 0.25) is 0 Å². The van der Waals surface area contributed by atoms with Crippen LogP contribution in [0.25, 0.3) is 21.3 Å². The maximum Gasteiger partial charge on any atom is 0.264 e. The van der Waals surface area contributed by atoms with E-state index >= 15 is 0 Å². The largest absolute Gasteiger partial charge is 0.479 e. The van der Waals surface area contributed by atoms with Crippen LogP contribution in [0.4, 0.5) is 0 Å². The standard InChI is InChI=1S/C23H22ClN3O2S/c24-15-10-14-11-20(23(28)27-8-7-26-6-1-2-16(26)13-27)29-21(14)18(12-15)17-3-5-25-19-4-9-30-22(17)19/h3-5,9-10,12,16,20H,1-2,6-8,11,13H2/t16?,20-/m1/s1. The Labute approximate surface area is 184 Å². The molecule has 2 saturated heterocycles. The van der Waals surface area contributed by atoms with E-state index in [0.29, 0.717) is 17.5 Å². The number of benzene rings is 1. The molecule has 2 aromatic heterocycles. The minimum Gasteiger partial charge on any atom is -0.479 e. The molecule has 1 amide bonds. The van der Waals surface area contributed by atoms with Crippen molar-refractivity contribution in [3.8, 4) is 16.9 Å². The summed E-state index contributed by atoms with van der Waals surface area (Å²) in [4.78, 5) is 22.3. The number of rotatable bonds is 2. The summed E-state index contributed by atoms with van der Waals surface area (Å²) in [5.41, 5.74) is 3.98. The van der Waals surface area contributed by atoms with Crippen molar-refractivity contribution < 1.29 is 9.53 Å². The number of ether oxygens (including phenoxy) is 1. The van der Waals surface area contributed by atoms with Crippen molar-refractivity contribution in [3.05, 3.63) is 46.4 Å². The van der Waals surface area contributed by atoms with Crippen LogP contribution in [0.1, 0.15) is 18.4 Å². The lowest BCUT2D eigenvalue weighted by Gasteiger charge is -2.38. The van der Waals surface area contributed by atoms with Crippen molar-refractivity contribution in [3.63, 3.8) is 0 Å². The van der Waals surface area contributed by atoms with Gasteiger partial charge < -0.3 is 9.64 Å². The number of aromatic nitrogens is 1. The van der Waals surface area contributed by atoms with Gasteiger partial charge in [0.1, 0.15) is 5.75 Å². The monoisotopic (exact) mass is 439 g/mol. The topological polar surface area (TPSA) is 45.7 Å². The van der Waals surface area contributed by atoms with Gasteiger partial charge in [0.15, 0.2) is 6.10 Å². The highest BCUT2D eigenvalue weighted by Gasteiger charge is 2.38. The number of hydrogen-bond donors (Lipinski definition) is 0. The highest BCUT2D eigenvalue weighted by molar-refractivity contribution is 7.17. The third-order valence-electron chi connectivity index (χ3n) is 6.60. The molecule has 1 unspecified atom stereocenters. The van der Waals surface area contributed by atoms with Gasteiger partial charge in [-0.3, -0.25) is 14.7 Å². The summed E-state index contributed by atoms with van der Waals surface area (Å²) >= 11 is 8.13. The predicted octanol–water partition coefficient (Wildman–Crippen LogP) is 4.23. The van der Waals surface area contributed by atoms with E-state index in [0.717, 1.165) is 52.3 Å². The zero-order valence-electron chi connectivity index (χ0n) is 16.5. The third-order valence-corrected chi connectivity index (χ3v) is 7.76. The van der Waals surface area contributed by atoms with Crippen LogP contribution < -0.4 is 4.74 Å². The zero-order valence-corrected chi connectivity index (χ0v) is 18.1. The summed E-state index contributed by atoms with van der Waals surface area (Å²) in [5, 5.41) is 2.71. The second-order valence-corrected chi connectivity index (χ2v) is 9.71. The molecule has 30 heavy (non-hydrogen) atoms. The minimum atomic E-state index is -0.467. The molecule has 5 heterocycles. The van der Waals surface area contributed by atoms with E-state index in [9.17, 15) is 4.79 Å². The molecule has 0 radical (unpaired) electrons. The molecule has 1 aromatic carbocycles. The SMILES string of the molecule is O=C([C@H]1Cc2cc(Cl)cc(-c3ccnc4ccsc34)c2O1)N1CCN2CCCC2C1. The molecule has 6 rings (SSSR count). The van der Waals surface area contributed by atoms with E-state index in [1.54, 1.807) is 11.3 Å². The Bertz CT molecular complexity index is 1150. The van der Waals surface area contributed by atoms with Gasteiger partial charge in [-0.1, -0.05) is 11.6 Å². The number of thiophene rings is 1. The molecule has 7 heteroatoms. The fourth-order valence-corrected chi connectivity index (χ4v) is 6.26. The molecule has 0 aliphatic carbocycles. The van der Waals surface area contributed by atoms with Gasteiger partial charge in [-0.05, 0) is 49.0 Å². The van der Waals surface area contributed by atoms with Gasteiger partial charge >= 0.3 is 0 Å². The van der Waals surface area contributed by atoms with Crippen molar-refractivity contribution in [1.29, 1.82) is 0 Å². The van der Waals surface area contributed by atoms with E-state index in [-0.39, 0.29) is 5.91 Å². The molecule has 3 aliphatic rings. The van der Waals surface area contributed by atoms with Crippen LogP contribution in [0.5, 0.6) is 5.75 Å². The summed E-state index contributed by atoms with van der Waals surface area (Å²) in [6.45, 7) is 3.76. The Morgan fingerprint density at radius 3 is 3.07 bits per heavy atom. The summed E-state index contributed by atoms with van der Waals surface area (Å²) < 4.78 is 7.43. The van der Waals surface area contributed by atoms with E-state index in [2.05, 4.69) is 9.88 Å². The number of piperazine rings is 1. The number of hydrogen-bond acceptors (Lipinski definition) is 5. The van der Waals surface area contributed by atoms with Crippen LogP contribution in [-0.2, 0) is 11.2 Å². The highest BCUT2D eigenvalue weighted by Crippen LogP contribution is 2.44. The number of halogens is 1. The van der Waals surface area contributed by atoms with Gasteiger partial charge in [0, 0.05) is 60.0 Å². The number of fused-ring (bicyclic) bond motifs is 3. The molecule has 0 N–H and O–H groups in total. The minimum absolute atomic E-state index is 0.107. The van der Waals surface area contributed by atoms with E-state index in [4.69, 9.17) is 16.3 Å². The molecular weight excluding hydrogens is 418 g/mol. The first-order chi connectivity index (χ1) is 14.7. The summed E-state index contributed by atoms with van der Waals surface area (Å²) in [7, 11) is 0.